The van der Waals surface area contributed by atoms with E-state index in [2.05, 4.69) is 0 Å². The lowest BCUT2D eigenvalue weighted by atomic mass is 9.99. The van der Waals surface area contributed by atoms with Crippen LogP contribution in [0.4, 0.5) is 4.79 Å². The summed E-state index contributed by atoms with van der Waals surface area (Å²) in [5.41, 5.74) is 0.616. The van der Waals surface area contributed by atoms with E-state index < -0.39 is 18.2 Å². The van der Waals surface area contributed by atoms with Crippen LogP contribution < -0.4 is 0 Å². The zero-order valence-corrected chi connectivity index (χ0v) is 11.4. The average Bonchev–Trinajstić information content (AvgIpc) is 2.25. The highest BCUT2D eigenvalue weighted by Gasteiger charge is 2.32. The van der Waals surface area contributed by atoms with Gasteiger partial charge in [-0.05, 0) is 32.4 Å². The lowest BCUT2D eigenvalue weighted by Crippen LogP contribution is -2.43. The Morgan fingerprint density at radius 2 is 1.83 bits per heavy atom. The zero-order chi connectivity index (χ0) is 13.9. The Morgan fingerprint density at radius 1 is 1.28 bits per heavy atom. The van der Waals surface area contributed by atoms with E-state index >= 15 is 0 Å². The normalized spacial score (nSPS) is 14.3. The molecule has 0 spiro atoms. The van der Waals surface area contributed by atoms with Crippen LogP contribution >= 0.6 is 11.6 Å². The van der Waals surface area contributed by atoms with Gasteiger partial charge in [0.1, 0.15) is 0 Å². The summed E-state index contributed by atoms with van der Waals surface area (Å²) in [6.07, 6.45) is -1.92. The molecule has 2 atom stereocenters. The first-order valence-electron chi connectivity index (χ1n) is 5.80. The first-order valence-corrected chi connectivity index (χ1v) is 6.17. The highest BCUT2D eigenvalue weighted by atomic mass is 35.5. The second-order valence-corrected chi connectivity index (χ2v) is 4.90. The number of halogens is 1. The van der Waals surface area contributed by atoms with Crippen molar-refractivity contribution >= 4 is 17.7 Å². The number of carboxylic acid groups (broad SMARTS) is 1. The molecule has 0 saturated heterocycles. The van der Waals surface area contributed by atoms with Gasteiger partial charge in [0.05, 0.1) is 12.1 Å². The maximum atomic E-state index is 11.3. The fourth-order valence-electron chi connectivity index (χ4n) is 2.02. The summed E-state index contributed by atoms with van der Waals surface area (Å²) in [5.74, 6) is 0. The van der Waals surface area contributed by atoms with Crippen LogP contribution in [0.1, 0.15) is 32.4 Å². The molecule has 0 aliphatic carbocycles. The largest absolute Gasteiger partial charge is 0.465 e. The van der Waals surface area contributed by atoms with E-state index in [1.165, 1.54) is 4.90 Å². The molecule has 0 saturated carbocycles. The molecule has 0 aromatic heterocycles. The first kappa shape index (κ1) is 14.8. The maximum absolute atomic E-state index is 11.3. The van der Waals surface area contributed by atoms with Crippen molar-refractivity contribution in [2.75, 3.05) is 0 Å². The molecule has 100 valence electrons. The van der Waals surface area contributed by atoms with E-state index in [1.54, 1.807) is 45.0 Å². The van der Waals surface area contributed by atoms with Crippen molar-refractivity contribution in [3.63, 3.8) is 0 Å². The van der Waals surface area contributed by atoms with Crippen LogP contribution in [0.3, 0.4) is 0 Å². The number of hydrogen-bond acceptors (Lipinski definition) is 2. The minimum absolute atomic E-state index is 0.252. The second-order valence-electron chi connectivity index (χ2n) is 4.49. The summed E-state index contributed by atoms with van der Waals surface area (Å²) >= 11 is 6.09. The van der Waals surface area contributed by atoms with Crippen molar-refractivity contribution in [1.29, 1.82) is 0 Å². The Labute approximate surface area is 112 Å². The van der Waals surface area contributed by atoms with Crippen molar-refractivity contribution < 1.29 is 15.0 Å². The third kappa shape index (κ3) is 3.15. The van der Waals surface area contributed by atoms with E-state index in [0.29, 0.717) is 10.6 Å². The predicted octanol–water partition coefficient (Wildman–Crippen LogP) is 3.15. The highest BCUT2D eigenvalue weighted by Crippen LogP contribution is 2.31. The lowest BCUT2D eigenvalue weighted by Gasteiger charge is -2.35. The predicted molar refractivity (Wildman–Crippen MR) is 70.9 cm³/mol. The standard InChI is InChI=1S/C13H18ClNO3/c1-8(2)15(13(17)18)12(9(3)16)10-6-4-5-7-11(10)14/h4-9,12,16H,1-3H3,(H,17,18)/t9-,12+/m0/s1. The van der Waals surface area contributed by atoms with Gasteiger partial charge in [-0.2, -0.15) is 0 Å². The smallest absolute Gasteiger partial charge is 0.408 e. The van der Waals surface area contributed by atoms with Crippen LogP contribution in [0.5, 0.6) is 0 Å². The van der Waals surface area contributed by atoms with E-state index in [4.69, 9.17) is 11.6 Å². The van der Waals surface area contributed by atoms with Crippen molar-refractivity contribution in [2.45, 2.75) is 39.0 Å². The molecular weight excluding hydrogens is 254 g/mol. The van der Waals surface area contributed by atoms with Gasteiger partial charge in [-0.25, -0.2) is 4.79 Å². The van der Waals surface area contributed by atoms with Crippen LogP contribution in [0.25, 0.3) is 0 Å². The van der Waals surface area contributed by atoms with Crippen LogP contribution in [0, 0.1) is 0 Å². The summed E-state index contributed by atoms with van der Waals surface area (Å²) in [5, 5.41) is 19.6. The molecule has 5 heteroatoms. The Hall–Kier alpha value is -1.26. The summed E-state index contributed by atoms with van der Waals surface area (Å²) < 4.78 is 0. The maximum Gasteiger partial charge on any atom is 0.408 e. The number of aliphatic hydroxyl groups excluding tert-OH is 1. The fourth-order valence-corrected chi connectivity index (χ4v) is 2.27. The topological polar surface area (TPSA) is 60.8 Å². The molecule has 0 unspecified atom stereocenters. The molecule has 0 bridgehead atoms. The number of aliphatic hydroxyl groups is 1. The minimum Gasteiger partial charge on any atom is -0.465 e. The summed E-state index contributed by atoms with van der Waals surface area (Å²) in [4.78, 5) is 12.6. The molecule has 1 amide bonds. The quantitative estimate of drug-likeness (QED) is 0.884. The van der Waals surface area contributed by atoms with Gasteiger partial charge in [0, 0.05) is 11.1 Å². The van der Waals surface area contributed by atoms with Gasteiger partial charge in [-0.3, -0.25) is 4.90 Å². The summed E-state index contributed by atoms with van der Waals surface area (Å²) in [7, 11) is 0. The van der Waals surface area contributed by atoms with Gasteiger partial charge in [-0.1, -0.05) is 29.8 Å². The number of nitrogens with zero attached hydrogens (tertiary/aromatic N) is 1. The molecule has 0 aliphatic rings. The number of rotatable bonds is 4. The van der Waals surface area contributed by atoms with Crippen molar-refractivity contribution in [2.24, 2.45) is 0 Å². The number of hydrogen-bond donors (Lipinski definition) is 2. The van der Waals surface area contributed by atoms with Crippen LogP contribution in [0.15, 0.2) is 24.3 Å². The molecular formula is C13H18ClNO3. The van der Waals surface area contributed by atoms with Crippen LogP contribution in [-0.2, 0) is 0 Å². The zero-order valence-electron chi connectivity index (χ0n) is 10.7. The third-order valence-corrected chi connectivity index (χ3v) is 3.10. The molecule has 1 aromatic rings. The average molecular weight is 272 g/mol. The van der Waals surface area contributed by atoms with Gasteiger partial charge in [0.25, 0.3) is 0 Å². The number of carbonyl (C=O) groups is 1. The fraction of sp³-hybridized carbons (Fsp3) is 0.462. The van der Waals surface area contributed by atoms with Gasteiger partial charge in [0.2, 0.25) is 0 Å². The van der Waals surface area contributed by atoms with Gasteiger partial charge in [-0.15, -0.1) is 0 Å². The molecule has 0 aliphatic heterocycles. The monoisotopic (exact) mass is 271 g/mol. The highest BCUT2D eigenvalue weighted by molar-refractivity contribution is 6.31. The van der Waals surface area contributed by atoms with Crippen LogP contribution in [-0.4, -0.2) is 33.4 Å². The molecule has 4 nitrogen and oxygen atoms in total. The molecule has 2 N–H and O–H groups in total. The third-order valence-electron chi connectivity index (χ3n) is 2.76. The Kier molecular flexibility index (Phi) is 4.99. The molecule has 0 radical (unpaired) electrons. The van der Waals surface area contributed by atoms with Gasteiger partial charge in [0.15, 0.2) is 0 Å². The Balaban J connectivity index is 3.25. The van der Waals surface area contributed by atoms with Crippen molar-refractivity contribution in [3.8, 4) is 0 Å². The molecule has 0 fully saturated rings. The van der Waals surface area contributed by atoms with Gasteiger partial charge < -0.3 is 10.2 Å². The Bertz CT molecular complexity index is 420. The summed E-state index contributed by atoms with van der Waals surface area (Å²) in [6.45, 7) is 5.09. The number of amides is 1. The van der Waals surface area contributed by atoms with Crippen molar-refractivity contribution in [1.82, 2.24) is 4.90 Å². The van der Waals surface area contributed by atoms with E-state index in [1.807, 2.05) is 0 Å². The van der Waals surface area contributed by atoms with E-state index in [0.717, 1.165) is 0 Å². The first-order chi connectivity index (χ1) is 8.36. The second kappa shape index (κ2) is 6.07. The van der Waals surface area contributed by atoms with Gasteiger partial charge >= 0.3 is 6.09 Å². The lowest BCUT2D eigenvalue weighted by molar-refractivity contribution is 0.0419. The van der Waals surface area contributed by atoms with E-state index in [9.17, 15) is 15.0 Å². The summed E-state index contributed by atoms with van der Waals surface area (Å²) in [6, 6.07) is 6.04. The van der Waals surface area contributed by atoms with Crippen molar-refractivity contribution in [3.05, 3.63) is 34.9 Å². The van der Waals surface area contributed by atoms with Crippen LogP contribution in [0.2, 0.25) is 5.02 Å². The Morgan fingerprint density at radius 3 is 2.22 bits per heavy atom. The molecule has 1 rings (SSSR count). The SMILES string of the molecule is CC(C)N(C(=O)O)[C@@H](c1ccccc1Cl)[C@H](C)O. The molecule has 1 aromatic carbocycles. The number of benzene rings is 1. The molecule has 0 heterocycles. The minimum atomic E-state index is -1.07. The molecule has 18 heavy (non-hydrogen) atoms. The van der Waals surface area contributed by atoms with E-state index in [-0.39, 0.29) is 6.04 Å².